The van der Waals surface area contributed by atoms with Crippen molar-refractivity contribution in [3.05, 3.63) is 23.7 Å². The van der Waals surface area contributed by atoms with Crippen LogP contribution in [0.1, 0.15) is 131 Å². The fourth-order valence-corrected chi connectivity index (χ4v) is 6.96. The molecule has 0 radical (unpaired) electrons. The number of allylic oxidation sites excluding steroid dienone is 3. The third-order valence-corrected chi connectivity index (χ3v) is 10.1. The first-order valence-electron chi connectivity index (χ1n) is 20.9. The number of carbonyl (C=O) groups is 2. The summed E-state index contributed by atoms with van der Waals surface area (Å²) in [6.45, 7) is 16.7. The molecule has 0 spiro atoms. The predicted octanol–water partition coefficient (Wildman–Crippen LogP) is 8.40. The molecule has 1 heterocycles. The molecule has 2 unspecified atom stereocenters. The van der Waals surface area contributed by atoms with Gasteiger partial charge in [-0.15, -0.1) is 0 Å². The number of hydrogen-bond donors (Lipinski definition) is 1. The number of aliphatic hydroxyl groups is 1. The molecule has 42 heavy (non-hydrogen) atoms. The predicted molar refractivity (Wildman–Crippen MR) is 170 cm³/mol. The molecule has 0 aromatic rings. The minimum atomic E-state index is -3.57. The fourth-order valence-electron chi connectivity index (χ4n) is 6.96. The van der Waals surface area contributed by atoms with E-state index in [2.05, 4.69) is 0 Å². The maximum absolute atomic E-state index is 14.9. The zero-order valence-corrected chi connectivity index (χ0v) is 28.1. The molecule has 0 aromatic carbocycles. The van der Waals surface area contributed by atoms with E-state index in [1.54, 1.807) is 6.92 Å². The van der Waals surface area contributed by atoms with Crippen LogP contribution in [0.4, 0.5) is 0 Å². The fraction of sp³-hybridized carbons (Fsp3) is 0.838. The van der Waals surface area contributed by atoms with Crippen LogP contribution in [-0.2, 0) is 19.1 Å². The second kappa shape index (κ2) is 12.1. The Morgan fingerprint density at radius 2 is 1.86 bits per heavy atom. The number of cyclic esters (lactones) is 1. The molecule has 0 amide bonds. The minimum Gasteiger partial charge on any atom is -0.462 e. The smallest absolute Gasteiger partial charge is 0.312 e. The van der Waals surface area contributed by atoms with Gasteiger partial charge in [0.25, 0.3) is 0 Å². The molecular weight excluding hydrogens is 524 g/mol. The SMILES string of the molecule is [2H]C1=C([2H])[C@]([2H])(C([2H])([2H])[2H])[C@]([2H])(C(C)(C)C[C@@H]2C[C@@H](O)C(C)C(=O)O2)[C@]2([2H])C1=C([2H])[C@]([2H])(C([2H])(C)C)C(C)(C)[C@]2(C)OC(=O)C(C)(CC(C)C)C(C)C. The molecule has 1 N–H and O–H groups in total. The van der Waals surface area contributed by atoms with E-state index in [1.807, 2.05) is 27.7 Å². The summed E-state index contributed by atoms with van der Waals surface area (Å²) in [4.78, 5) is 27.7. The van der Waals surface area contributed by atoms with Crippen molar-refractivity contribution in [2.45, 2.75) is 134 Å². The largest absolute Gasteiger partial charge is 0.462 e. The maximum Gasteiger partial charge on any atom is 0.312 e. The molecule has 1 aliphatic heterocycles. The summed E-state index contributed by atoms with van der Waals surface area (Å²) in [5.41, 5.74) is -8.45. The molecule has 1 fully saturated rings. The quantitative estimate of drug-likeness (QED) is 0.270. The number of ether oxygens (including phenoxy) is 2. The average molecular weight is 598 g/mol. The molecule has 0 bridgehead atoms. The van der Waals surface area contributed by atoms with Crippen molar-refractivity contribution in [2.24, 2.45) is 63.5 Å². The molecule has 5 heteroatoms. The molecule has 9 atom stereocenters. The number of fused-ring (bicyclic) bond motifs is 1. The van der Waals surface area contributed by atoms with Crippen LogP contribution in [0.25, 0.3) is 0 Å². The third-order valence-electron chi connectivity index (χ3n) is 10.1. The number of rotatable bonds is 9. The summed E-state index contributed by atoms with van der Waals surface area (Å²) in [6, 6.07) is -3.01. The molecule has 3 aliphatic rings. The minimum absolute atomic E-state index is 0.0184. The molecule has 0 aromatic heterocycles. The molecular formula is C37H62O5. The highest BCUT2D eigenvalue weighted by Gasteiger charge is 2.63. The lowest BCUT2D eigenvalue weighted by atomic mass is 9.47. The summed E-state index contributed by atoms with van der Waals surface area (Å²) < 4.78 is 117. The van der Waals surface area contributed by atoms with Crippen LogP contribution < -0.4 is 0 Å². The Hall–Kier alpha value is -1.62. The second-order valence-corrected chi connectivity index (χ2v) is 15.2. The van der Waals surface area contributed by atoms with Crippen LogP contribution in [0.5, 0.6) is 0 Å². The van der Waals surface area contributed by atoms with E-state index >= 15 is 0 Å². The van der Waals surface area contributed by atoms with Gasteiger partial charge >= 0.3 is 11.9 Å². The van der Waals surface area contributed by atoms with Gasteiger partial charge in [-0.1, -0.05) is 94.2 Å². The van der Waals surface area contributed by atoms with E-state index in [1.165, 1.54) is 55.4 Å². The molecule has 3 rings (SSSR count). The maximum atomic E-state index is 14.9. The number of carbonyl (C=O) groups excluding carboxylic acids is 2. The zero-order valence-electron chi connectivity index (χ0n) is 39.1. The second-order valence-electron chi connectivity index (χ2n) is 15.2. The first-order chi connectivity index (χ1) is 23.4. The van der Waals surface area contributed by atoms with E-state index in [-0.39, 0.29) is 18.3 Å². The van der Waals surface area contributed by atoms with Gasteiger partial charge in [0.2, 0.25) is 0 Å². The standard InChI is InChI=1S/C37H62O5/c1-21(2)19-36(13,23(5)6)33(40)42-37(14)31-26(17-28(22(3)4)35(37,11)12)16-15-24(7)30(31)34(9,10)20-27-18-29(38)25(8)32(39)41-27/h15-17,21-25,27-31,38H,18-20H2,1-14H3/t24-,25?,27-,28+,29+,30-,31-,36?,37+/m0/s1/i7D3,15D,16D,17D,22D,24D,28D,30D,31D. The van der Waals surface area contributed by atoms with Crippen molar-refractivity contribution in [1.29, 1.82) is 0 Å². The summed E-state index contributed by atoms with van der Waals surface area (Å²) >= 11 is 0. The number of hydrogen-bond acceptors (Lipinski definition) is 5. The number of esters is 2. The van der Waals surface area contributed by atoms with Crippen molar-refractivity contribution >= 4 is 11.9 Å². The van der Waals surface area contributed by atoms with Gasteiger partial charge in [-0.25, -0.2) is 0 Å². The molecule has 240 valence electrons. The lowest BCUT2D eigenvalue weighted by molar-refractivity contribution is -0.214. The van der Waals surface area contributed by atoms with E-state index in [4.69, 9.17) is 13.6 Å². The van der Waals surface area contributed by atoms with Gasteiger partial charge in [0.05, 0.1) is 21.5 Å². The van der Waals surface area contributed by atoms with Crippen molar-refractivity contribution in [1.82, 2.24) is 0 Å². The van der Waals surface area contributed by atoms with Crippen molar-refractivity contribution < 1.29 is 39.2 Å². The van der Waals surface area contributed by atoms with Crippen LogP contribution in [0.15, 0.2) is 23.7 Å². The van der Waals surface area contributed by atoms with Crippen LogP contribution in [0, 0.1) is 63.5 Å². The first kappa shape index (κ1) is 22.0. The summed E-state index contributed by atoms with van der Waals surface area (Å²) in [5.74, 6) is -16.7. The summed E-state index contributed by atoms with van der Waals surface area (Å²) in [6.07, 6.45) is -2.48. The Morgan fingerprint density at radius 3 is 2.36 bits per heavy atom. The van der Waals surface area contributed by atoms with E-state index in [9.17, 15) is 25.7 Å². The van der Waals surface area contributed by atoms with E-state index < -0.39 is 118 Å². The van der Waals surface area contributed by atoms with E-state index in [0.29, 0.717) is 6.42 Å². The first-order valence-corrected chi connectivity index (χ1v) is 15.4. The molecule has 1 saturated heterocycles. The Bertz CT molecular complexity index is 1560. The lowest BCUT2D eigenvalue weighted by Crippen LogP contribution is -2.63. The zero-order chi connectivity index (χ0) is 41.9. The summed E-state index contributed by atoms with van der Waals surface area (Å²) in [7, 11) is 0. The van der Waals surface area contributed by atoms with Crippen molar-refractivity contribution in [3.63, 3.8) is 0 Å². The van der Waals surface area contributed by atoms with E-state index in [0.717, 1.165) is 0 Å². The summed E-state index contributed by atoms with van der Waals surface area (Å²) in [5, 5.41) is 10.7. The third kappa shape index (κ3) is 6.15. The topological polar surface area (TPSA) is 72.8 Å². The Kier molecular flexibility index (Phi) is 6.31. The average Bonchev–Trinajstić information content (AvgIpc) is 2.98. The van der Waals surface area contributed by atoms with Crippen LogP contribution in [0.3, 0.4) is 0 Å². The monoisotopic (exact) mass is 598 g/mol. The van der Waals surface area contributed by atoms with Gasteiger partial charge in [-0.2, -0.15) is 0 Å². The van der Waals surface area contributed by atoms with Gasteiger partial charge in [0.1, 0.15) is 11.7 Å². The highest BCUT2D eigenvalue weighted by Crippen LogP contribution is 2.62. The molecule has 2 aliphatic carbocycles. The highest BCUT2D eigenvalue weighted by atomic mass is 16.6. The van der Waals surface area contributed by atoms with Gasteiger partial charge < -0.3 is 14.6 Å². The van der Waals surface area contributed by atoms with Gasteiger partial charge in [0, 0.05) is 28.7 Å². The lowest BCUT2D eigenvalue weighted by Gasteiger charge is -2.61. The number of aliphatic hydroxyl groups excluding tert-OH is 1. The Labute approximate surface area is 272 Å². The molecule has 0 saturated carbocycles. The Balaban J connectivity index is 2.69. The highest BCUT2D eigenvalue weighted by molar-refractivity contribution is 5.77. The normalized spacial score (nSPS) is 48.4. The van der Waals surface area contributed by atoms with Crippen LogP contribution >= 0.6 is 0 Å². The van der Waals surface area contributed by atoms with Crippen molar-refractivity contribution in [2.75, 3.05) is 0 Å². The van der Waals surface area contributed by atoms with Gasteiger partial charge in [-0.05, 0) is 80.0 Å². The van der Waals surface area contributed by atoms with Gasteiger partial charge in [0.15, 0.2) is 0 Å². The van der Waals surface area contributed by atoms with Gasteiger partial charge in [-0.3, -0.25) is 9.59 Å². The van der Waals surface area contributed by atoms with Crippen LogP contribution in [-0.4, -0.2) is 34.9 Å². The van der Waals surface area contributed by atoms with Crippen molar-refractivity contribution in [3.8, 4) is 0 Å². The van der Waals surface area contributed by atoms with Crippen LogP contribution in [0.2, 0.25) is 0 Å². The molecule has 5 nitrogen and oxygen atoms in total. The Morgan fingerprint density at radius 1 is 1.24 bits per heavy atom.